The molecule has 2 atom stereocenters. The summed E-state index contributed by atoms with van der Waals surface area (Å²) < 4.78 is 0. The molecule has 2 rings (SSSR count). The lowest BCUT2D eigenvalue weighted by Crippen LogP contribution is -2.60. The second-order valence-electron chi connectivity index (χ2n) is 5.98. The van der Waals surface area contributed by atoms with E-state index in [0.717, 1.165) is 45.8 Å². The first-order valence-corrected chi connectivity index (χ1v) is 7.69. The van der Waals surface area contributed by atoms with Crippen molar-refractivity contribution in [3.8, 4) is 0 Å². The largest absolute Gasteiger partial charge is 0.395 e. The van der Waals surface area contributed by atoms with E-state index >= 15 is 0 Å². The van der Waals surface area contributed by atoms with Gasteiger partial charge in [-0.1, -0.05) is 0 Å². The van der Waals surface area contributed by atoms with Crippen LogP contribution in [0.4, 0.5) is 0 Å². The van der Waals surface area contributed by atoms with Crippen molar-refractivity contribution in [1.29, 1.82) is 0 Å². The molecule has 2 aliphatic heterocycles. The number of piperazine rings is 2. The number of carbonyl (C=O) groups is 1. The molecular weight excluding hydrogens is 256 g/mol. The van der Waals surface area contributed by atoms with Crippen LogP contribution in [0.3, 0.4) is 0 Å². The van der Waals surface area contributed by atoms with Crippen LogP contribution in [0.1, 0.15) is 13.8 Å². The third-order valence-electron chi connectivity index (χ3n) is 4.38. The van der Waals surface area contributed by atoms with E-state index in [1.165, 1.54) is 0 Å². The minimum atomic E-state index is 0.207. The minimum Gasteiger partial charge on any atom is -0.395 e. The molecule has 2 N–H and O–H groups in total. The number of aliphatic hydroxyl groups excluding tert-OH is 1. The molecule has 0 aromatic carbocycles. The minimum absolute atomic E-state index is 0.207. The lowest BCUT2D eigenvalue weighted by atomic mass is 10.1. The zero-order valence-electron chi connectivity index (χ0n) is 12.7. The summed E-state index contributed by atoms with van der Waals surface area (Å²) in [6.07, 6.45) is 0. The number of aliphatic hydroxyl groups is 1. The Kier molecular flexibility index (Phi) is 5.77. The van der Waals surface area contributed by atoms with E-state index < -0.39 is 0 Å². The van der Waals surface area contributed by atoms with Crippen molar-refractivity contribution in [3.63, 3.8) is 0 Å². The van der Waals surface area contributed by atoms with Gasteiger partial charge >= 0.3 is 0 Å². The van der Waals surface area contributed by atoms with Gasteiger partial charge < -0.3 is 15.3 Å². The Morgan fingerprint density at radius 2 is 1.80 bits per heavy atom. The molecule has 0 saturated carbocycles. The van der Waals surface area contributed by atoms with Crippen molar-refractivity contribution in [2.45, 2.75) is 25.9 Å². The van der Waals surface area contributed by atoms with Crippen LogP contribution in [0.5, 0.6) is 0 Å². The molecule has 2 heterocycles. The molecule has 2 fully saturated rings. The zero-order chi connectivity index (χ0) is 14.5. The molecular formula is C14H28N4O2. The fourth-order valence-electron chi connectivity index (χ4n) is 3.27. The number of carbonyl (C=O) groups excluding carboxylic acids is 1. The van der Waals surface area contributed by atoms with E-state index in [-0.39, 0.29) is 12.5 Å². The summed E-state index contributed by atoms with van der Waals surface area (Å²) in [5, 5.41) is 12.3. The molecule has 6 nitrogen and oxygen atoms in total. The molecule has 2 aliphatic rings. The molecule has 0 aromatic rings. The molecule has 2 unspecified atom stereocenters. The Bertz CT molecular complexity index is 308. The number of nitrogens with zero attached hydrogens (tertiary/aromatic N) is 3. The summed E-state index contributed by atoms with van der Waals surface area (Å²) in [4.78, 5) is 18.9. The second-order valence-corrected chi connectivity index (χ2v) is 5.98. The van der Waals surface area contributed by atoms with Crippen LogP contribution in [0.2, 0.25) is 0 Å². The van der Waals surface area contributed by atoms with Crippen LogP contribution in [-0.2, 0) is 4.79 Å². The highest BCUT2D eigenvalue weighted by molar-refractivity contribution is 5.78. The van der Waals surface area contributed by atoms with Crippen molar-refractivity contribution in [1.82, 2.24) is 20.0 Å². The van der Waals surface area contributed by atoms with Crippen LogP contribution in [0.15, 0.2) is 0 Å². The number of hydrogen-bond acceptors (Lipinski definition) is 5. The quantitative estimate of drug-likeness (QED) is 0.679. The first-order valence-electron chi connectivity index (χ1n) is 7.69. The van der Waals surface area contributed by atoms with Crippen LogP contribution in [0, 0.1) is 0 Å². The molecule has 6 heteroatoms. The van der Waals surface area contributed by atoms with Gasteiger partial charge in [0.15, 0.2) is 0 Å². The van der Waals surface area contributed by atoms with Gasteiger partial charge in [0, 0.05) is 57.9 Å². The average Bonchev–Trinajstić information content (AvgIpc) is 2.44. The van der Waals surface area contributed by atoms with Gasteiger partial charge in [-0.2, -0.15) is 0 Å². The molecule has 0 aliphatic carbocycles. The number of hydrogen-bond donors (Lipinski definition) is 2. The summed E-state index contributed by atoms with van der Waals surface area (Å²) >= 11 is 0. The molecule has 2 saturated heterocycles. The van der Waals surface area contributed by atoms with Gasteiger partial charge in [-0.25, -0.2) is 0 Å². The van der Waals surface area contributed by atoms with Gasteiger partial charge in [0.05, 0.1) is 13.2 Å². The number of nitrogens with one attached hydrogen (secondary N) is 1. The topological polar surface area (TPSA) is 59.1 Å². The van der Waals surface area contributed by atoms with E-state index in [0.29, 0.717) is 18.6 Å². The van der Waals surface area contributed by atoms with Crippen molar-refractivity contribution in [3.05, 3.63) is 0 Å². The highest BCUT2D eigenvalue weighted by Gasteiger charge is 2.31. The standard InChI is InChI=1S/C14H28N4O2/c1-12-9-16(7-8-19)10-13(2)18(12)11-14(20)17-5-3-15-4-6-17/h12-13,15,19H,3-11H2,1-2H3. The summed E-state index contributed by atoms with van der Waals surface area (Å²) in [6.45, 7) is 11.1. The maximum atomic E-state index is 12.4. The molecule has 20 heavy (non-hydrogen) atoms. The Labute approximate surface area is 121 Å². The normalized spacial score (nSPS) is 29.6. The summed E-state index contributed by atoms with van der Waals surface area (Å²) in [5.41, 5.74) is 0. The highest BCUT2D eigenvalue weighted by atomic mass is 16.3. The maximum Gasteiger partial charge on any atom is 0.236 e. The molecule has 0 spiro atoms. The maximum absolute atomic E-state index is 12.4. The van der Waals surface area contributed by atoms with Crippen LogP contribution >= 0.6 is 0 Å². The molecule has 116 valence electrons. The van der Waals surface area contributed by atoms with E-state index in [1.54, 1.807) is 0 Å². The van der Waals surface area contributed by atoms with Crippen molar-refractivity contribution >= 4 is 5.91 Å². The summed E-state index contributed by atoms with van der Waals surface area (Å²) in [7, 11) is 0. The van der Waals surface area contributed by atoms with E-state index in [1.807, 2.05) is 4.90 Å². The molecule has 0 aromatic heterocycles. The van der Waals surface area contributed by atoms with E-state index in [2.05, 4.69) is 29.0 Å². The van der Waals surface area contributed by atoms with Gasteiger partial charge in [0.25, 0.3) is 0 Å². The molecule has 1 amide bonds. The lowest BCUT2D eigenvalue weighted by molar-refractivity contribution is -0.135. The Hall–Kier alpha value is -0.690. The molecule has 0 bridgehead atoms. The van der Waals surface area contributed by atoms with Crippen molar-refractivity contribution in [2.75, 3.05) is 59.0 Å². The average molecular weight is 284 g/mol. The smallest absolute Gasteiger partial charge is 0.236 e. The number of β-amino-alcohol motifs (C(OH)–C–C–N with tert-alkyl or cyclic N) is 1. The Balaban J connectivity index is 1.86. The van der Waals surface area contributed by atoms with Gasteiger partial charge in [0.1, 0.15) is 0 Å². The van der Waals surface area contributed by atoms with Crippen LogP contribution < -0.4 is 5.32 Å². The Morgan fingerprint density at radius 3 is 2.35 bits per heavy atom. The van der Waals surface area contributed by atoms with Crippen molar-refractivity contribution < 1.29 is 9.90 Å². The fraction of sp³-hybridized carbons (Fsp3) is 0.929. The van der Waals surface area contributed by atoms with Gasteiger partial charge in [-0.15, -0.1) is 0 Å². The van der Waals surface area contributed by atoms with Gasteiger partial charge in [0.2, 0.25) is 5.91 Å². The summed E-state index contributed by atoms with van der Waals surface area (Å²) in [6, 6.07) is 0.717. The fourth-order valence-corrected chi connectivity index (χ4v) is 3.27. The predicted octanol–water partition coefficient (Wildman–Crippen LogP) is -1.19. The first-order chi connectivity index (χ1) is 9.61. The monoisotopic (exact) mass is 284 g/mol. The third kappa shape index (κ3) is 3.91. The first kappa shape index (κ1) is 15.7. The number of rotatable bonds is 4. The second kappa shape index (κ2) is 7.36. The van der Waals surface area contributed by atoms with Gasteiger partial charge in [-0.3, -0.25) is 14.6 Å². The predicted molar refractivity (Wildman–Crippen MR) is 78.6 cm³/mol. The number of amides is 1. The van der Waals surface area contributed by atoms with Crippen molar-refractivity contribution in [2.24, 2.45) is 0 Å². The van der Waals surface area contributed by atoms with Crippen LogP contribution in [-0.4, -0.2) is 96.8 Å². The zero-order valence-corrected chi connectivity index (χ0v) is 12.7. The van der Waals surface area contributed by atoms with Gasteiger partial charge in [-0.05, 0) is 13.8 Å². The summed E-state index contributed by atoms with van der Waals surface area (Å²) in [5.74, 6) is 0.251. The third-order valence-corrected chi connectivity index (χ3v) is 4.38. The lowest BCUT2D eigenvalue weighted by Gasteiger charge is -2.44. The van der Waals surface area contributed by atoms with Crippen LogP contribution in [0.25, 0.3) is 0 Å². The SMILES string of the molecule is CC1CN(CCO)CC(C)N1CC(=O)N1CCNCC1. The highest BCUT2D eigenvalue weighted by Crippen LogP contribution is 2.15. The van der Waals surface area contributed by atoms with E-state index in [4.69, 9.17) is 5.11 Å². The Morgan fingerprint density at radius 1 is 1.20 bits per heavy atom. The van der Waals surface area contributed by atoms with E-state index in [9.17, 15) is 4.79 Å². The molecule has 0 radical (unpaired) electrons.